The first kappa shape index (κ1) is 17.0. The Hall–Kier alpha value is -1.84. The van der Waals surface area contributed by atoms with E-state index < -0.39 is 5.41 Å². The molecule has 2 fully saturated rings. The van der Waals surface area contributed by atoms with Gasteiger partial charge in [0.25, 0.3) is 0 Å². The van der Waals surface area contributed by atoms with Gasteiger partial charge in [-0.1, -0.05) is 38.3 Å². The van der Waals surface area contributed by atoms with Gasteiger partial charge in [0, 0.05) is 18.2 Å². The van der Waals surface area contributed by atoms with Crippen molar-refractivity contribution in [1.29, 1.82) is 0 Å². The summed E-state index contributed by atoms with van der Waals surface area (Å²) in [7, 11) is 0. The van der Waals surface area contributed by atoms with E-state index in [1.165, 1.54) is 6.42 Å². The smallest absolute Gasteiger partial charge is 0.230 e. The van der Waals surface area contributed by atoms with Crippen LogP contribution in [0.2, 0.25) is 0 Å². The summed E-state index contributed by atoms with van der Waals surface area (Å²) < 4.78 is 0. The summed E-state index contributed by atoms with van der Waals surface area (Å²) in [6, 6.07) is 7.94. The second-order valence-electron chi connectivity index (χ2n) is 7.24. The quantitative estimate of drug-likeness (QED) is 0.835. The molecule has 3 rings (SSSR count). The van der Waals surface area contributed by atoms with Crippen LogP contribution in [0.25, 0.3) is 0 Å². The Balaban J connectivity index is 1.76. The van der Waals surface area contributed by atoms with Crippen molar-refractivity contribution in [3.63, 3.8) is 0 Å². The molecule has 2 N–H and O–H groups in total. The second-order valence-corrected chi connectivity index (χ2v) is 7.24. The molecule has 2 aliphatic rings. The van der Waals surface area contributed by atoms with Crippen molar-refractivity contribution >= 4 is 17.5 Å². The minimum atomic E-state index is -0.396. The standard InChI is InChI=1S/C20H28N2O2/c1-2-14-21-19(24)20(12-4-3-5-13-20)16-8-10-17(11-9-16)22-18(23)15-6-7-15/h8-11,15H,2-7,12-14H2,1H3,(H,21,24)(H,22,23). The lowest BCUT2D eigenvalue weighted by Crippen LogP contribution is -2.46. The molecule has 0 aromatic heterocycles. The number of rotatable bonds is 6. The molecule has 4 heteroatoms. The van der Waals surface area contributed by atoms with Crippen LogP contribution in [-0.4, -0.2) is 18.4 Å². The first-order valence-electron chi connectivity index (χ1n) is 9.35. The number of nitrogens with one attached hydrogen (secondary N) is 2. The predicted octanol–water partition coefficient (Wildman–Crippen LogP) is 3.76. The van der Waals surface area contributed by atoms with Crippen LogP contribution in [0, 0.1) is 5.92 Å². The first-order chi connectivity index (χ1) is 11.7. The molecule has 1 aromatic rings. The maximum absolute atomic E-state index is 12.9. The molecule has 0 radical (unpaired) electrons. The Morgan fingerprint density at radius 2 is 1.75 bits per heavy atom. The summed E-state index contributed by atoms with van der Waals surface area (Å²) in [5.74, 6) is 0.490. The highest BCUT2D eigenvalue weighted by atomic mass is 16.2. The fourth-order valence-electron chi connectivity index (χ4n) is 3.67. The van der Waals surface area contributed by atoms with Crippen molar-refractivity contribution < 1.29 is 9.59 Å². The third kappa shape index (κ3) is 3.63. The van der Waals surface area contributed by atoms with Crippen LogP contribution < -0.4 is 10.6 Å². The van der Waals surface area contributed by atoms with E-state index >= 15 is 0 Å². The maximum atomic E-state index is 12.9. The van der Waals surface area contributed by atoms with Gasteiger partial charge >= 0.3 is 0 Å². The first-order valence-corrected chi connectivity index (χ1v) is 9.35. The third-order valence-corrected chi connectivity index (χ3v) is 5.33. The lowest BCUT2D eigenvalue weighted by atomic mass is 9.68. The molecule has 0 aliphatic heterocycles. The normalized spacial score (nSPS) is 19.5. The van der Waals surface area contributed by atoms with E-state index in [-0.39, 0.29) is 17.7 Å². The lowest BCUT2D eigenvalue weighted by Gasteiger charge is -2.36. The average molecular weight is 328 g/mol. The zero-order valence-corrected chi connectivity index (χ0v) is 14.6. The van der Waals surface area contributed by atoms with Crippen molar-refractivity contribution in [2.75, 3.05) is 11.9 Å². The number of amides is 2. The predicted molar refractivity (Wildman–Crippen MR) is 95.9 cm³/mol. The zero-order valence-electron chi connectivity index (χ0n) is 14.6. The number of anilines is 1. The number of hydrogen-bond acceptors (Lipinski definition) is 2. The minimum Gasteiger partial charge on any atom is -0.355 e. The molecular formula is C20H28N2O2. The second kappa shape index (κ2) is 7.37. The van der Waals surface area contributed by atoms with Crippen LogP contribution in [0.3, 0.4) is 0 Å². The SMILES string of the molecule is CCCNC(=O)C1(c2ccc(NC(=O)C3CC3)cc2)CCCCC1. The van der Waals surface area contributed by atoms with Gasteiger partial charge in [0.05, 0.1) is 5.41 Å². The fraction of sp³-hybridized carbons (Fsp3) is 0.600. The molecule has 2 saturated carbocycles. The molecule has 130 valence electrons. The van der Waals surface area contributed by atoms with Gasteiger partial charge in [-0.2, -0.15) is 0 Å². The third-order valence-electron chi connectivity index (χ3n) is 5.33. The highest BCUT2D eigenvalue weighted by Crippen LogP contribution is 2.40. The van der Waals surface area contributed by atoms with Crippen LogP contribution in [0.4, 0.5) is 5.69 Å². The molecule has 0 bridgehead atoms. The zero-order chi connectivity index (χ0) is 17.0. The topological polar surface area (TPSA) is 58.2 Å². The van der Waals surface area contributed by atoms with Crippen LogP contribution in [-0.2, 0) is 15.0 Å². The summed E-state index contributed by atoms with van der Waals surface area (Å²) in [6.45, 7) is 2.81. The molecule has 4 nitrogen and oxygen atoms in total. The van der Waals surface area contributed by atoms with Crippen LogP contribution in [0.5, 0.6) is 0 Å². The molecule has 2 amide bonds. The van der Waals surface area contributed by atoms with Crippen molar-refractivity contribution in [3.05, 3.63) is 29.8 Å². The van der Waals surface area contributed by atoms with Gasteiger partial charge < -0.3 is 10.6 Å². The molecule has 2 aliphatic carbocycles. The van der Waals surface area contributed by atoms with E-state index in [1.807, 2.05) is 24.3 Å². The summed E-state index contributed by atoms with van der Waals surface area (Å²) in [4.78, 5) is 24.7. The van der Waals surface area contributed by atoms with E-state index in [0.717, 1.165) is 62.7 Å². The molecular weight excluding hydrogens is 300 g/mol. The van der Waals surface area contributed by atoms with Gasteiger partial charge in [-0.15, -0.1) is 0 Å². The Kier molecular flexibility index (Phi) is 5.22. The van der Waals surface area contributed by atoms with Gasteiger partial charge in [-0.25, -0.2) is 0 Å². The maximum Gasteiger partial charge on any atom is 0.230 e. The molecule has 1 aromatic carbocycles. The Morgan fingerprint density at radius 3 is 2.33 bits per heavy atom. The van der Waals surface area contributed by atoms with Gasteiger partial charge in [0.1, 0.15) is 0 Å². The number of hydrogen-bond donors (Lipinski definition) is 2. The highest BCUT2D eigenvalue weighted by molar-refractivity contribution is 5.94. The van der Waals surface area contributed by atoms with Crippen molar-refractivity contribution in [3.8, 4) is 0 Å². The van der Waals surface area contributed by atoms with E-state index in [0.29, 0.717) is 0 Å². The number of carbonyl (C=O) groups is 2. The van der Waals surface area contributed by atoms with Gasteiger partial charge in [0.2, 0.25) is 11.8 Å². The van der Waals surface area contributed by atoms with Crippen LogP contribution in [0.15, 0.2) is 24.3 Å². The summed E-state index contributed by atoms with van der Waals surface area (Å²) in [5.41, 5.74) is 1.52. The molecule has 0 saturated heterocycles. The van der Waals surface area contributed by atoms with Gasteiger partial charge in [0.15, 0.2) is 0 Å². The van der Waals surface area contributed by atoms with Crippen molar-refractivity contribution in [2.45, 2.75) is 63.7 Å². The molecule has 24 heavy (non-hydrogen) atoms. The molecule has 0 atom stereocenters. The molecule has 0 heterocycles. The lowest BCUT2D eigenvalue weighted by molar-refractivity contribution is -0.128. The summed E-state index contributed by atoms with van der Waals surface area (Å²) in [5, 5.41) is 6.07. The molecule has 0 spiro atoms. The van der Waals surface area contributed by atoms with Gasteiger partial charge in [-0.05, 0) is 49.8 Å². The van der Waals surface area contributed by atoms with Crippen LogP contribution >= 0.6 is 0 Å². The van der Waals surface area contributed by atoms with Crippen LogP contribution in [0.1, 0.15) is 63.9 Å². The van der Waals surface area contributed by atoms with Crippen molar-refractivity contribution in [2.24, 2.45) is 5.92 Å². The Morgan fingerprint density at radius 1 is 1.08 bits per heavy atom. The van der Waals surface area contributed by atoms with Crippen molar-refractivity contribution in [1.82, 2.24) is 5.32 Å². The average Bonchev–Trinajstić information content (AvgIpc) is 3.46. The number of carbonyl (C=O) groups excluding carboxylic acids is 2. The summed E-state index contributed by atoms with van der Waals surface area (Å²) in [6.07, 6.45) is 8.19. The van der Waals surface area contributed by atoms with E-state index in [2.05, 4.69) is 17.6 Å². The Labute approximate surface area is 144 Å². The fourth-order valence-corrected chi connectivity index (χ4v) is 3.67. The largest absolute Gasteiger partial charge is 0.355 e. The molecule has 0 unspecified atom stereocenters. The van der Waals surface area contributed by atoms with Gasteiger partial charge in [-0.3, -0.25) is 9.59 Å². The minimum absolute atomic E-state index is 0.121. The van der Waals surface area contributed by atoms with E-state index in [9.17, 15) is 9.59 Å². The van der Waals surface area contributed by atoms with E-state index in [1.54, 1.807) is 0 Å². The summed E-state index contributed by atoms with van der Waals surface area (Å²) >= 11 is 0. The number of benzene rings is 1. The monoisotopic (exact) mass is 328 g/mol. The highest BCUT2D eigenvalue weighted by Gasteiger charge is 2.40. The Bertz CT molecular complexity index is 584. The van der Waals surface area contributed by atoms with E-state index in [4.69, 9.17) is 0 Å².